The fourth-order valence-corrected chi connectivity index (χ4v) is 2.22. The molecule has 9 nitrogen and oxygen atoms in total. The highest BCUT2D eigenvalue weighted by Crippen LogP contribution is 2.07. The predicted molar refractivity (Wildman–Crippen MR) is 71.2 cm³/mol. The molecule has 3 N–H and O–H groups in total. The summed E-state index contributed by atoms with van der Waals surface area (Å²) in [7, 11) is -3.66. The Morgan fingerprint density at radius 1 is 1.25 bits per heavy atom. The molecule has 0 amide bonds. The molecule has 2 aromatic rings. The number of nitrogens with zero attached hydrogens (tertiary/aromatic N) is 4. The number of hydrogen-bond acceptors (Lipinski definition) is 7. The predicted octanol–water partition coefficient (Wildman–Crippen LogP) is -0.105. The summed E-state index contributed by atoms with van der Waals surface area (Å²) in [5.74, 6) is 0.830. The fourth-order valence-electron chi connectivity index (χ4n) is 1.35. The number of hydrogen-bond donors (Lipinski definition) is 3. The molecule has 108 valence electrons. The normalized spacial score (nSPS) is 11.4. The van der Waals surface area contributed by atoms with Gasteiger partial charge in [-0.2, -0.15) is 5.10 Å². The fraction of sp³-hybridized carbons (Fsp3) is 0.400. The van der Waals surface area contributed by atoms with E-state index in [1.54, 1.807) is 0 Å². The molecule has 2 rings (SSSR count). The molecular weight excluding hydrogens is 282 g/mol. The van der Waals surface area contributed by atoms with Gasteiger partial charge >= 0.3 is 0 Å². The van der Waals surface area contributed by atoms with Crippen LogP contribution in [0.15, 0.2) is 23.6 Å². The van der Waals surface area contributed by atoms with Crippen molar-refractivity contribution in [2.75, 3.05) is 11.9 Å². The van der Waals surface area contributed by atoms with E-state index < -0.39 is 10.0 Å². The first kappa shape index (κ1) is 14.3. The highest BCUT2D eigenvalue weighted by molar-refractivity contribution is 7.89. The molecule has 0 radical (unpaired) electrons. The van der Waals surface area contributed by atoms with Crippen molar-refractivity contribution in [1.82, 2.24) is 29.9 Å². The number of aromatic amines is 1. The van der Waals surface area contributed by atoms with Gasteiger partial charge in [-0.25, -0.2) is 28.1 Å². The molecule has 0 saturated carbocycles. The first-order valence-corrected chi connectivity index (χ1v) is 7.50. The summed E-state index contributed by atoms with van der Waals surface area (Å²) < 4.78 is 26.3. The van der Waals surface area contributed by atoms with E-state index in [1.165, 1.54) is 18.7 Å². The molecule has 0 bridgehead atoms. The Morgan fingerprint density at radius 2 is 2.00 bits per heavy atom. The third kappa shape index (κ3) is 3.71. The molecule has 0 fully saturated rings. The SMILES string of the molecule is CCCNc1ncc(S(=O)(=O)NCc2ncn[nH]2)cn1. The lowest BCUT2D eigenvalue weighted by molar-refractivity contribution is 0.578. The molecule has 10 heteroatoms. The van der Waals surface area contributed by atoms with Gasteiger partial charge in [0.2, 0.25) is 16.0 Å². The molecule has 0 aliphatic heterocycles. The van der Waals surface area contributed by atoms with E-state index in [9.17, 15) is 8.42 Å². The van der Waals surface area contributed by atoms with Crippen LogP contribution >= 0.6 is 0 Å². The van der Waals surface area contributed by atoms with Crippen LogP contribution in [0.5, 0.6) is 0 Å². The minimum Gasteiger partial charge on any atom is -0.354 e. The zero-order valence-corrected chi connectivity index (χ0v) is 11.7. The van der Waals surface area contributed by atoms with Crippen molar-refractivity contribution < 1.29 is 8.42 Å². The number of anilines is 1. The smallest absolute Gasteiger partial charge is 0.244 e. The van der Waals surface area contributed by atoms with E-state index in [1.807, 2.05) is 6.92 Å². The number of aromatic nitrogens is 5. The van der Waals surface area contributed by atoms with Gasteiger partial charge in [-0.1, -0.05) is 6.92 Å². The highest BCUT2D eigenvalue weighted by Gasteiger charge is 2.15. The average Bonchev–Trinajstić information content (AvgIpc) is 2.97. The van der Waals surface area contributed by atoms with Crippen LogP contribution in [-0.4, -0.2) is 40.1 Å². The summed E-state index contributed by atoms with van der Waals surface area (Å²) in [6.07, 6.45) is 4.75. The lowest BCUT2D eigenvalue weighted by Gasteiger charge is -2.06. The van der Waals surface area contributed by atoms with E-state index in [0.29, 0.717) is 11.8 Å². The van der Waals surface area contributed by atoms with Crippen LogP contribution in [0.2, 0.25) is 0 Å². The van der Waals surface area contributed by atoms with Gasteiger partial charge in [0.15, 0.2) is 0 Å². The Bertz CT molecular complexity index is 624. The summed E-state index contributed by atoms with van der Waals surface area (Å²) in [6.45, 7) is 2.77. The van der Waals surface area contributed by atoms with Gasteiger partial charge in [0.25, 0.3) is 0 Å². The van der Waals surface area contributed by atoms with Crippen molar-refractivity contribution in [3.05, 3.63) is 24.5 Å². The summed E-state index contributed by atoms with van der Waals surface area (Å²) in [5, 5.41) is 9.16. The molecule has 0 aromatic carbocycles. The zero-order valence-electron chi connectivity index (χ0n) is 10.9. The van der Waals surface area contributed by atoms with Crippen LogP contribution in [0.3, 0.4) is 0 Å². The van der Waals surface area contributed by atoms with E-state index >= 15 is 0 Å². The molecule has 2 aromatic heterocycles. The van der Waals surface area contributed by atoms with E-state index in [0.717, 1.165) is 13.0 Å². The van der Waals surface area contributed by atoms with Gasteiger partial charge in [0.1, 0.15) is 17.0 Å². The summed E-state index contributed by atoms with van der Waals surface area (Å²) in [4.78, 5) is 11.7. The summed E-state index contributed by atoms with van der Waals surface area (Å²) >= 11 is 0. The first-order chi connectivity index (χ1) is 9.62. The molecule has 0 aliphatic rings. The average molecular weight is 297 g/mol. The molecule has 0 saturated heterocycles. The Kier molecular flexibility index (Phi) is 4.58. The van der Waals surface area contributed by atoms with Crippen LogP contribution in [0, 0.1) is 0 Å². The minimum atomic E-state index is -3.66. The van der Waals surface area contributed by atoms with Gasteiger partial charge in [-0.15, -0.1) is 0 Å². The van der Waals surface area contributed by atoms with E-state index in [2.05, 4.69) is 35.2 Å². The van der Waals surface area contributed by atoms with Gasteiger partial charge in [-0.05, 0) is 6.42 Å². The molecule has 0 unspecified atom stereocenters. The Labute approximate surface area is 116 Å². The van der Waals surface area contributed by atoms with Crippen LogP contribution in [-0.2, 0) is 16.6 Å². The second-order valence-corrected chi connectivity index (χ2v) is 5.69. The number of rotatable bonds is 7. The van der Waals surface area contributed by atoms with Crippen molar-refractivity contribution in [2.45, 2.75) is 24.8 Å². The first-order valence-electron chi connectivity index (χ1n) is 6.01. The Balaban J connectivity index is 2.01. The van der Waals surface area contributed by atoms with Crippen molar-refractivity contribution in [3.63, 3.8) is 0 Å². The monoisotopic (exact) mass is 297 g/mol. The standard InChI is InChI=1S/C10H15N7O2S/c1-2-3-11-10-12-4-8(5-13-10)20(18,19)16-6-9-14-7-15-17-9/h4-5,7,16H,2-3,6H2,1H3,(H,11,12,13)(H,14,15,17). The summed E-state index contributed by atoms with van der Waals surface area (Å²) in [6, 6.07) is 0. The molecule has 0 aliphatic carbocycles. The summed E-state index contributed by atoms with van der Waals surface area (Å²) in [5.41, 5.74) is 0. The Morgan fingerprint density at radius 3 is 2.60 bits per heavy atom. The number of H-pyrrole nitrogens is 1. The molecule has 0 spiro atoms. The topological polar surface area (TPSA) is 126 Å². The number of sulfonamides is 1. The van der Waals surface area contributed by atoms with Crippen LogP contribution in [0.4, 0.5) is 5.95 Å². The van der Waals surface area contributed by atoms with Gasteiger partial charge in [0.05, 0.1) is 18.9 Å². The van der Waals surface area contributed by atoms with Crippen molar-refractivity contribution >= 4 is 16.0 Å². The largest absolute Gasteiger partial charge is 0.354 e. The minimum absolute atomic E-state index is 0.000867. The lowest BCUT2D eigenvalue weighted by Crippen LogP contribution is -2.24. The second kappa shape index (κ2) is 6.39. The van der Waals surface area contributed by atoms with Crippen LogP contribution in [0.25, 0.3) is 0 Å². The quantitative estimate of drug-likeness (QED) is 0.651. The molecule has 2 heterocycles. The van der Waals surface area contributed by atoms with Gasteiger partial charge in [0, 0.05) is 6.54 Å². The van der Waals surface area contributed by atoms with Crippen LogP contribution in [0.1, 0.15) is 19.2 Å². The van der Waals surface area contributed by atoms with E-state index in [4.69, 9.17) is 0 Å². The second-order valence-electron chi connectivity index (χ2n) is 3.93. The van der Waals surface area contributed by atoms with E-state index in [-0.39, 0.29) is 11.4 Å². The third-order valence-corrected chi connectivity index (χ3v) is 3.72. The van der Waals surface area contributed by atoms with Gasteiger partial charge in [-0.3, -0.25) is 5.10 Å². The highest BCUT2D eigenvalue weighted by atomic mass is 32.2. The van der Waals surface area contributed by atoms with Crippen LogP contribution < -0.4 is 10.0 Å². The van der Waals surface area contributed by atoms with Crippen molar-refractivity contribution in [1.29, 1.82) is 0 Å². The van der Waals surface area contributed by atoms with Gasteiger partial charge < -0.3 is 5.32 Å². The molecule has 0 atom stereocenters. The molecular formula is C10H15N7O2S. The zero-order chi connectivity index (χ0) is 14.4. The molecule has 20 heavy (non-hydrogen) atoms. The maximum absolute atomic E-state index is 12.0. The maximum atomic E-state index is 12.0. The Hall–Kier alpha value is -2.07. The maximum Gasteiger partial charge on any atom is 0.244 e. The lowest BCUT2D eigenvalue weighted by atomic mass is 10.5. The van der Waals surface area contributed by atoms with Crippen molar-refractivity contribution in [3.8, 4) is 0 Å². The third-order valence-electron chi connectivity index (χ3n) is 2.37. The number of nitrogens with one attached hydrogen (secondary N) is 3. The van der Waals surface area contributed by atoms with Crippen molar-refractivity contribution in [2.24, 2.45) is 0 Å².